The van der Waals surface area contributed by atoms with Crippen molar-refractivity contribution in [2.45, 2.75) is 13.0 Å². The van der Waals surface area contributed by atoms with Crippen LogP contribution in [0.4, 0.5) is 0 Å². The van der Waals surface area contributed by atoms with Gasteiger partial charge in [-0.1, -0.05) is 29.8 Å². The molecule has 1 aromatic heterocycles. The zero-order chi connectivity index (χ0) is 18.6. The third kappa shape index (κ3) is 4.16. The molecule has 1 atom stereocenters. The van der Waals surface area contributed by atoms with Gasteiger partial charge in [0, 0.05) is 25.2 Å². The van der Waals surface area contributed by atoms with Crippen LogP contribution >= 0.6 is 11.7 Å². The lowest BCUT2D eigenvalue weighted by molar-refractivity contribution is 0.0162. The van der Waals surface area contributed by atoms with Crippen molar-refractivity contribution in [3.05, 3.63) is 59.2 Å². The summed E-state index contributed by atoms with van der Waals surface area (Å²) in [7, 11) is 0. The van der Waals surface area contributed by atoms with Gasteiger partial charge in [-0.05, 0) is 30.7 Å². The summed E-state index contributed by atoms with van der Waals surface area (Å²) in [6.45, 7) is 5.82. The third-order valence-electron chi connectivity index (χ3n) is 4.92. The van der Waals surface area contributed by atoms with Crippen LogP contribution in [0.1, 0.15) is 27.5 Å². The zero-order valence-electron chi connectivity index (χ0n) is 15.2. The number of amides is 1. The summed E-state index contributed by atoms with van der Waals surface area (Å²) in [6.07, 6.45) is 0. The number of benzene rings is 2. The maximum Gasteiger partial charge on any atom is 0.251 e. The Kier molecular flexibility index (Phi) is 5.42. The van der Waals surface area contributed by atoms with Gasteiger partial charge in [-0.25, -0.2) is 0 Å². The van der Waals surface area contributed by atoms with Gasteiger partial charge < -0.3 is 10.1 Å². The highest BCUT2D eigenvalue weighted by Gasteiger charge is 2.23. The molecule has 0 radical (unpaired) electrons. The molecule has 7 heteroatoms. The monoisotopic (exact) mass is 382 g/mol. The Morgan fingerprint density at radius 1 is 1.15 bits per heavy atom. The van der Waals surface area contributed by atoms with Crippen molar-refractivity contribution in [3.8, 4) is 0 Å². The van der Waals surface area contributed by atoms with E-state index in [2.05, 4.69) is 50.2 Å². The summed E-state index contributed by atoms with van der Waals surface area (Å²) >= 11 is 1.16. The van der Waals surface area contributed by atoms with E-state index in [1.165, 1.54) is 11.1 Å². The minimum absolute atomic E-state index is 0.0877. The molecule has 0 bridgehead atoms. The number of nitrogens with zero attached hydrogens (tertiary/aromatic N) is 3. The SMILES string of the molecule is Cc1ccc([C@H](CNC(=O)c2ccc3nsnc3c2)N2CCOCC2)cc1. The van der Waals surface area contributed by atoms with E-state index in [0.717, 1.165) is 49.1 Å². The molecule has 1 N–H and O–H groups in total. The van der Waals surface area contributed by atoms with Gasteiger partial charge in [0.25, 0.3) is 5.91 Å². The van der Waals surface area contributed by atoms with Crippen LogP contribution in [0.3, 0.4) is 0 Å². The topological polar surface area (TPSA) is 67.4 Å². The lowest BCUT2D eigenvalue weighted by atomic mass is 10.0. The Hall–Kier alpha value is -2.35. The van der Waals surface area contributed by atoms with Crippen molar-refractivity contribution in [1.29, 1.82) is 0 Å². The first kappa shape index (κ1) is 18.0. The van der Waals surface area contributed by atoms with E-state index in [9.17, 15) is 4.79 Å². The molecule has 0 spiro atoms. The molecular weight excluding hydrogens is 360 g/mol. The Bertz CT molecular complexity index is 919. The molecule has 2 aromatic carbocycles. The van der Waals surface area contributed by atoms with Crippen LogP contribution in [-0.4, -0.2) is 52.4 Å². The van der Waals surface area contributed by atoms with Crippen LogP contribution in [0.15, 0.2) is 42.5 Å². The van der Waals surface area contributed by atoms with Crippen molar-refractivity contribution in [3.63, 3.8) is 0 Å². The number of ether oxygens (including phenoxy) is 1. The maximum absolute atomic E-state index is 12.7. The predicted molar refractivity (Wildman–Crippen MR) is 106 cm³/mol. The summed E-state index contributed by atoms with van der Waals surface area (Å²) in [4.78, 5) is 15.1. The lowest BCUT2D eigenvalue weighted by Crippen LogP contribution is -2.43. The molecule has 140 valence electrons. The second kappa shape index (κ2) is 8.12. The smallest absolute Gasteiger partial charge is 0.251 e. The number of aryl methyl sites for hydroxylation is 1. The number of carbonyl (C=O) groups excluding carboxylic acids is 1. The second-order valence-corrected chi connectivity index (χ2v) is 7.28. The Labute approximate surface area is 162 Å². The van der Waals surface area contributed by atoms with E-state index in [-0.39, 0.29) is 11.9 Å². The van der Waals surface area contributed by atoms with E-state index < -0.39 is 0 Å². The molecule has 2 heterocycles. The van der Waals surface area contributed by atoms with Crippen LogP contribution in [0, 0.1) is 6.92 Å². The molecular formula is C20H22N4O2S. The highest BCUT2D eigenvalue weighted by atomic mass is 32.1. The zero-order valence-corrected chi connectivity index (χ0v) is 16.0. The summed E-state index contributed by atoms with van der Waals surface area (Å²) in [5, 5.41) is 3.10. The molecule has 1 saturated heterocycles. The normalized spacial score (nSPS) is 16.3. The maximum atomic E-state index is 12.7. The molecule has 6 nitrogen and oxygen atoms in total. The lowest BCUT2D eigenvalue weighted by Gasteiger charge is -2.35. The highest BCUT2D eigenvalue weighted by molar-refractivity contribution is 7.00. The minimum atomic E-state index is -0.0877. The number of morpholine rings is 1. The van der Waals surface area contributed by atoms with Gasteiger partial charge in [-0.2, -0.15) is 8.75 Å². The van der Waals surface area contributed by atoms with Crippen molar-refractivity contribution in [2.75, 3.05) is 32.8 Å². The first-order chi connectivity index (χ1) is 13.2. The van der Waals surface area contributed by atoms with Gasteiger partial charge in [-0.15, -0.1) is 0 Å². The highest BCUT2D eigenvalue weighted by Crippen LogP contribution is 2.22. The Morgan fingerprint density at radius 2 is 1.89 bits per heavy atom. The number of aromatic nitrogens is 2. The largest absolute Gasteiger partial charge is 0.379 e. The van der Waals surface area contributed by atoms with Gasteiger partial charge >= 0.3 is 0 Å². The number of fused-ring (bicyclic) bond motifs is 1. The van der Waals surface area contributed by atoms with E-state index >= 15 is 0 Å². The van der Waals surface area contributed by atoms with Gasteiger partial charge in [0.05, 0.1) is 31.0 Å². The fourth-order valence-corrected chi connectivity index (χ4v) is 3.87. The standard InChI is InChI=1S/C20H22N4O2S/c1-14-2-4-15(5-3-14)19(24-8-10-26-11-9-24)13-21-20(25)16-6-7-17-18(12-16)23-27-22-17/h2-7,12,19H,8-11,13H2,1H3,(H,21,25)/t19-/m0/s1. The van der Waals surface area contributed by atoms with E-state index in [4.69, 9.17) is 4.74 Å². The molecule has 4 rings (SSSR count). The van der Waals surface area contributed by atoms with Gasteiger partial charge in [0.2, 0.25) is 0 Å². The quantitative estimate of drug-likeness (QED) is 0.735. The molecule has 1 aliphatic heterocycles. The van der Waals surface area contributed by atoms with Gasteiger partial charge in [-0.3, -0.25) is 9.69 Å². The number of carbonyl (C=O) groups is 1. The molecule has 1 aliphatic rings. The fraction of sp³-hybridized carbons (Fsp3) is 0.350. The van der Waals surface area contributed by atoms with Crippen molar-refractivity contribution in [2.24, 2.45) is 0 Å². The number of nitrogens with one attached hydrogen (secondary N) is 1. The first-order valence-electron chi connectivity index (χ1n) is 9.09. The Morgan fingerprint density at radius 3 is 2.67 bits per heavy atom. The molecule has 0 unspecified atom stereocenters. The average Bonchev–Trinajstić information content (AvgIpc) is 3.18. The summed E-state index contributed by atoms with van der Waals surface area (Å²) in [5.41, 5.74) is 4.63. The molecule has 3 aromatic rings. The molecule has 0 saturated carbocycles. The van der Waals surface area contributed by atoms with Crippen molar-refractivity contribution in [1.82, 2.24) is 19.0 Å². The van der Waals surface area contributed by atoms with Crippen molar-refractivity contribution < 1.29 is 9.53 Å². The van der Waals surface area contributed by atoms with Crippen molar-refractivity contribution >= 4 is 28.7 Å². The van der Waals surface area contributed by atoms with Crippen LogP contribution in [0.2, 0.25) is 0 Å². The van der Waals surface area contributed by atoms with Crippen LogP contribution in [0.25, 0.3) is 11.0 Å². The van der Waals surface area contributed by atoms with Crippen LogP contribution in [-0.2, 0) is 4.74 Å². The van der Waals surface area contributed by atoms with E-state index in [0.29, 0.717) is 12.1 Å². The summed E-state index contributed by atoms with van der Waals surface area (Å²) in [5.74, 6) is -0.0877. The minimum Gasteiger partial charge on any atom is -0.379 e. The Balaban J connectivity index is 1.50. The third-order valence-corrected chi connectivity index (χ3v) is 5.48. The van der Waals surface area contributed by atoms with E-state index in [1.54, 1.807) is 12.1 Å². The fourth-order valence-electron chi connectivity index (χ4n) is 3.35. The predicted octanol–water partition coefficient (Wildman–Crippen LogP) is 2.80. The number of rotatable bonds is 5. The van der Waals surface area contributed by atoms with E-state index in [1.807, 2.05) is 6.07 Å². The molecule has 1 fully saturated rings. The molecule has 0 aliphatic carbocycles. The van der Waals surface area contributed by atoms with Gasteiger partial charge in [0.15, 0.2) is 0 Å². The second-order valence-electron chi connectivity index (χ2n) is 6.75. The summed E-state index contributed by atoms with van der Waals surface area (Å²) in [6, 6.07) is 14.1. The summed E-state index contributed by atoms with van der Waals surface area (Å²) < 4.78 is 13.9. The van der Waals surface area contributed by atoms with Gasteiger partial charge in [0.1, 0.15) is 11.0 Å². The van der Waals surface area contributed by atoms with Crippen LogP contribution < -0.4 is 5.32 Å². The molecule has 27 heavy (non-hydrogen) atoms. The van der Waals surface area contributed by atoms with Crippen LogP contribution in [0.5, 0.6) is 0 Å². The molecule has 1 amide bonds. The number of hydrogen-bond acceptors (Lipinski definition) is 6. The average molecular weight is 382 g/mol. The first-order valence-corrected chi connectivity index (χ1v) is 9.82. The number of hydrogen-bond donors (Lipinski definition) is 1.